The Hall–Kier alpha value is -3.19. The molecule has 2 amide bonds. The quantitative estimate of drug-likeness (QED) is 0.546. The molecule has 7 heteroatoms. The van der Waals surface area contributed by atoms with Gasteiger partial charge in [0.15, 0.2) is 5.11 Å². The molecule has 1 fully saturated rings. The highest BCUT2D eigenvalue weighted by Gasteiger charge is 2.21. The van der Waals surface area contributed by atoms with Gasteiger partial charge in [0.2, 0.25) is 5.91 Å². The summed E-state index contributed by atoms with van der Waals surface area (Å²) in [4.78, 5) is 26.8. The van der Waals surface area contributed by atoms with E-state index in [-0.39, 0.29) is 16.9 Å². The average Bonchev–Trinajstić information content (AvgIpc) is 3.28. The lowest BCUT2D eigenvalue weighted by Crippen LogP contribution is -2.34. The lowest BCUT2D eigenvalue weighted by atomic mass is 10.1. The molecular weight excluding hydrogens is 398 g/mol. The summed E-state index contributed by atoms with van der Waals surface area (Å²) in [5.41, 5.74) is 1.99. The predicted octanol–water partition coefficient (Wildman–Crippen LogP) is 3.85. The number of nitrogens with zero attached hydrogens (tertiary/aromatic N) is 1. The molecule has 2 N–H and O–H groups in total. The van der Waals surface area contributed by atoms with Crippen LogP contribution in [0.15, 0.2) is 54.6 Å². The van der Waals surface area contributed by atoms with Crippen LogP contribution in [0.1, 0.15) is 35.7 Å². The van der Waals surface area contributed by atoms with Gasteiger partial charge in [-0.25, -0.2) is 0 Å². The number of ether oxygens (including phenoxy) is 1. The maximum atomic E-state index is 12.7. The molecule has 1 saturated heterocycles. The number of carbonyl (C=O) groups is 2. The predicted molar refractivity (Wildman–Crippen MR) is 123 cm³/mol. The minimum atomic E-state index is -0.357. The van der Waals surface area contributed by atoms with Gasteiger partial charge in [-0.1, -0.05) is 24.3 Å². The number of hydrogen-bond donors (Lipinski definition) is 2. The van der Waals surface area contributed by atoms with Gasteiger partial charge in [0, 0.05) is 19.2 Å². The third-order valence-corrected chi connectivity index (χ3v) is 4.86. The van der Waals surface area contributed by atoms with Crippen LogP contribution >= 0.6 is 12.2 Å². The first-order chi connectivity index (χ1) is 14.6. The van der Waals surface area contributed by atoms with Gasteiger partial charge in [0.1, 0.15) is 5.75 Å². The molecule has 0 saturated carbocycles. The van der Waals surface area contributed by atoms with E-state index < -0.39 is 0 Å². The standard InChI is InChI=1S/C23H25N3O3S/c1-2-29-18-12-9-17(10-13-18)11-14-21(27)25-23(30)24-20-8-4-3-7-19(20)22(28)26-15-5-6-16-26/h3-4,7-14H,2,5-6,15-16H2,1H3,(H2,24,25,27,30)/b14-11+. The number of anilines is 1. The Kier molecular flexibility index (Phi) is 7.57. The molecule has 0 bridgehead atoms. The molecule has 1 aliphatic rings. The van der Waals surface area contributed by atoms with Crippen LogP contribution in [0.3, 0.4) is 0 Å². The topological polar surface area (TPSA) is 70.7 Å². The molecule has 0 aliphatic carbocycles. The summed E-state index contributed by atoms with van der Waals surface area (Å²) in [6.07, 6.45) is 5.15. The molecule has 0 unspecified atom stereocenters. The van der Waals surface area contributed by atoms with Gasteiger partial charge in [-0.15, -0.1) is 0 Å². The number of para-hydroxylation sites is 1. The number of rotatable bonds is 6. The first-order valence-electron chi connectivity index (χ1n) is 9.98. The van der Waals surface area contributed by atoms with Gasteiger partial charge in [-0.3, -0.25) is 14.9 Å². The molecule has 0 aromatic heterocycles. The first-order valence-corrected chi connectivity index (χ1v) is 10.4. The molecule has 30 heavy (non-hydrogen) atoms. The highest BCUT2D eigenvalue weighted by Crippen LogP contribution is 2.20. The van der Waals surface area contributed by atoms with E-state index in [1.807, 2.05) is 48.2 Å². The molecule has 6 nitrogen and oxygen atoms in total. The van der Waals surface area contributed by atoms with Gasteiger partial charge in [-0.2, -0.15) is 0 Å². The van der Waals surface area contributed by atoms with Crippen LogP contribution in [0.2, 0.25) is 0 Å². The van der Waals surface area contributed by atoms with Gasteiger partial charge >= 0.3 is 0 Å². The zero-order valence-electron chi connectivity index (χ0n) is 16.9. The lowest BCUT2D eigenvalue weighted by Gasteiger charge is -2.18. The Morgan fingerprint density at radius 1 is 1.10 bits per heavy atom. The molecule has 0 atom stereocenters. The monoisotopic (exact) mass is 423 g/mol. The maximum absolute atomic E-state index is 12.7. The van der Waals surface area contributed by atoms with Crippen LogP contribution in [0.4, 0.5) is 5.69 Å². The number of benzene rings is 2. The third-order valence-electron chi connectivity index (χ3n) is 4.65. The van der Waals surface area contributed by atoms with Crippen LogP contribution < -0.4 is 15.4 Å². The Morgan fingerprint density at radius 3 is 2.50 bits per heavy atom. The van der Waals surface area contributed by atoms with Gasteiger partial charge in [0.05, 0.1) is 17.9 Å². The molecule has 3 rings (SSSR count). The van der Waals surface area contributed by atoms with Crippen molar-refractivity contribution in [2.75, 3.05) is 25.0 Å². The normalized spacial score (nSPS) is 13.3. The number of carbonyl (C=O) groups excluding carboxylic acids is 2. The second kappa shape index (κ2) is 10.5. The second-order valence-electron chi connectivity index (χ2n) is 6.82. The zero-order chi connectivity index (χ0) is 21.3. The van der Waals surface area contributed by atoms with Crippen LogP contribution in [0.25, 0.3) is 6.08 Å². The number of hydrogen-bond acceptors (Lipinski definition) is 4. The van der Waals surface area contributed by atoms with Crippen molar-refractivity contribution in [1.82, 2.24) is 10.2 Å². The van der Waals surface area contributed by atoms with E-state index in [0.29, 0.717) is 17.9 Å². The van der Waals surface area contributed by atoms with E-state index in [1.165, 1.54) is 6.08 Å². The fraction of sp³-hybridized carbons (Fsp3) is 0.261. The number of nitrogens with one attached hydrogen (secondary N) is 2. The summed E-state index contributed by atoms with van der Waals surface area (Å²) in [5.74, 6) is 0.400. The lowest BCUT2D eigenvalue weighted by molar-refractivity contribution is -0.115. The molecule has 156 valence electrons. The highest BCUT2D eigenvalue weighted by atomic mass is 32.1. The molecule has 2 aromatic carbocycles. The van der Waals surface area contributed by atoms with Crippen molar-refractivity contribution in [3.05, 3.63) is 65.7 Å². The van der Waals surface area contributed by atoms with Crippen molar-refractivity contribution in [1.29, 1.82) is 0 Å². The zero-order valence-corrected chi connectivity index (χ0v) is 17.7. The Labute approximate surface area is 181 Å². The minimum absolute atomic E-state index is 0.0277. The van der Waals surface area contributed by atoms with Crippen LogP contribution in [-0.4, -0.2) is 41.5 Å². The fourth-order valence-electron chi connectivity index (χ4n) is 3.19. The van der Waals surface area contributed by atoms with Gasteiger partial charge in [0.25, 0.3) is 5.91 Å². The molecular formula is C23H25N3O3S. The van der Waals surface area contributed by atoms with E-state index in [9.17, 15) is 9.59 Å². The SMILES string of the molecule is CCOc1ccc(/C=C/C(=O)NC(=S)Nc2ccccc2C(=O)N2CCCC2)cc1. The summed E-state index contributed by atoms with van der Waals surface area (Å²) in [7, 11) is 0. The van der Waals surface area contributed by atoms with Crippen molar-refractivity contribution in [3.63, 3.8) is 0 Å². The molecule has 1 heterocycles. The Morgan fingerprint density at radius 2 is 1.80 bits per heavy atom. The van der Waals surface area contributed by atoms with E-state index in [0.717, 1.165) is 37.2 Å². The first kappa shape index (κ1) is 21.5. The second-order valence-corrected chi connectivity index (χ2v) is 7.23. The number of amides is 2. The minimum Gasteiger partial charge on any atom is -0.494 e. The van der Waals surface area contributed by atoms with Crippen molar-refractivity contribution in [2.45, 2.75) is 19.8 Å². The van der Waals surface area contributed by atoms with Crippen LogP contribution in [0, 0.1) is 0 Å². The van der Waals surface area contributed by atoms with Crippen molar-refractivity contribution in [2.24, 2.45) is 0 Å². The summed E-state index contributed by atoms with van der Waals surface area (Å²) >= 11 is 5.25. The average molecular weight is 424 g/mol. The molecule has 0 spiro atoms. The summed E-state index contributed by atoms with van der Waals surface area (Å²) < 4.78 is 5.40. The van der Waals surface area contributed by atoms with Gasteiger partial charge < -0.3 is 15.0 Å². The van der Waals surface area contributed by atoms with Crippen molar-refractivity contribution >= 4 is 40.9 Å². The highest BCUT2D eigenvalue weighted by molar-refractivity contribution is 7.80. The van der Waals surface area contributed by atoms with E-state index >= 15 is 0 Å². The number of thiocarbonyl (C=S) groups is 1. The van der Waals surface area contributed by atoms with Crippen LogP contribution in [0.5, 0.6) is 5.75 Å². The Bertz CT molecular complexity index is 935. The fourth-order valence-corrected chi connectivity index (χ4v) is 3.40. The van der Waals surface area contributed by atoms with Gasteiger partial charge in [-0.05, 0) is 67.9 Å². The van der Waals surface area contributed by atoms with E-state index in [1.54, 1.807) is 18.2 Å². The molecule has 1 aliphatic heterocycles. The van der Waals surface area contributed by atoms with Crippen LogP contribution in [-0.2, 0) is 4.79 Å². The Balaban J connectivity index is 1.57. The van der Waals surface area contributed by atoms with Crippen molar-refractivity contribution in [3.8, 4) is 5.75 Å². The molecule has 2 aromatic rings. The third kappa shape index (κ3) is 5.90. The molecule has 0 radical (unpaired) electrons. The summed E-state index contributed by atoms with van der Waals surface area (Å²) in [6, 6.07) is 14.6. The summed E-state index contributed by atoms with van der Waals surface area (Å²) in [6.45, 7) is 4.07. The maximum Gasteiger partial charge on any atom is 0.255 e. The number of likely N-dealkylation sites (tertiary alicyclic amines) is 1. The van der Waals surface area contributed by atoms with E-state index in [4.69, 9.17) is 17.0 Å². The van der Waals surface area contributed by atoms with E-state index in [2.05, 4.69) is 10.6 Å². The summed E-state index contributed by atoms with van der Waals surface area (Å²) in [5, 5.41) is 5.72. The van der Waals surface area contributed by atoms with Crippen molar-refractivity contribution < 1.29 is 14.3 Å². The smallest absolute Gasteiger partial charge is 0.255 e. The largest absolute Gasteiger partial charge is 0.494 e.